The Morgan fingerprint density at radius 2 is 1.90 bits per heavy atom. The van der Waals surface area contributed by atoms with Crippen LogP contribution >= 0.6 is 0 Å². The summed E-state index contributed by atoms with van der Waals surface area (Å²) in [5.41, 5.74) is 1.45. The lowest BCUT2D eigenvalue weighted by Crippen LogP contribution is -2.21. The third-order valence-electron chi connectivity index (χ3n) is 3.18. The first-order chi connectivity index (χ1) is 9.25. The zero-order valence-electron chi connectivity index (χ0n) is 12.4. The highest BCUT2D eigenvalue weighted by atomic mass is 32.2. The van der Waals surface area contributed by atoms with Gasteiger partial charge in [-0.15, -0.1) is 0 Å². The lowest BCUT2D eigenvalue weighted by atomic mass is 10.1. The average Bonchev–Trinajstić information content (AvgIpc) is 2.78. The molecule has 0 radical (unpaired) electrons. The van der Waals surface area contributed by atoms with E-state index in [2.05, 4.69) is 36.2 Å². The van der Waals surface area contributed by atoms with E-state index < -0.39 is 10.1 Å². The number of benzene rings is 1. The molecule has 20 heavy (non-hydrogen) atoms. The van der Waals surface area contributed by atoms with Crippen LogP contribution in [0.25, 0.3) is 0 Å². The van der Waals surface area contributed by atoms with Crippen molar-refractivity contribution in [2.45, 2.75) is 25.7 Å². The molecule has 1 aromatic carbocycles. The Morgan fingerprint density at radius 3 is 2.25 bits per heavy atom. The molecule has 1 aliphatic heterocycles. The van der Waals surface area contributed by atoms with Gasteiger partial charge >= 0.3 is 0 Å². The van der Waals surface area contributed by atoms with Crippen LogP contribution in [0.4, 0.5) is 0 Å². The first-order valence-corrected chi connectivity index (χ1v) is 7.86. The Bertz CT molecular complexity index is 582. The monoisotopic (exact) mass is 298 g/mol. The van der Waals surface area contributed by atoms with E-state index in [1.54, 1.807) is 26.0 Å². The Labute approximate surface area is 121 Å². The molecule has 0 aliphatic carbocycles. The average molecular weight is 298 g/mol. The molecule has 6 heteroatoms. The van der Waals surface area contributed by atoms with E-state index in [0.717, 1.165) is 18.8 Å². The summed E-state index contributed by atoms with van der Waals surface area (Å²) < 4.78 is 30.3. The third-order valence-corrected chi connectivity index (χ3v) is 4.17. The highest BCUT2D eigenvalue weighted by molar-refractivity contribution is 7.85. The molecule has 0 atom stereocenters. The molecule has 1 aliphatic rings. The lowest BCUT2D eigenvalue weighted by Gasteiger charge is -2.14. The number of hydrogen-bond acceptors (Lipinski definition) is 4. The quantitative estimate of drug-likeness (QED) is 0.848. The van der Waals surface area contributed by atoms with Crippen molar-refractivity contribution in [1.82, 2.24) is 9.80 Å². The maximum atomic E-state index is 10.8. The summed E-state index contributed by atoms with van der Waals surface area (Å²) >= 11 is 0. The van der Waals surface area contributed by atoms with Crippen LogP contribution in [0.3, 0.4) is 0 Å². The summed E-state index contributed by atoms with van der Waals surface area (Å²) in [5.74, 6) is 0. The Kier molecular flexibility index (Phi) is 5.59. The largest absolute Gasteiger partial charge is 0.362 e. The van der Waals surface area contributed by atoms with Gasteiger partial charge < -0.3 is 9.80 Å². The fraction of sp³-hybridized carbons (Fsp3) is 0.429. The summed E-state index contributed by atoms with van der Waals surface area (Å²) in [4.78, 5) is 4.39. The highest BCUT2D eigenvalue weighted by Gasteiger charge is 2.12. The van der Waals surface area contributed by atoms with Crippen molar-refractivity contribution in [2.24, 2.45) is 0 Å². The van der Waals surface area contributed by atoms with Gasteiger partial charge in [0.25, 0.3) is 10.1 Å². The zero-order chi connectivity index (χ0) is 15.3. The second-order valence-corrected chi connectivity index (χ2v) is 6.16. The number of hydrogen-bond donors (Lipinski definition) is 1. The molecule has 1 N–H and O–H groups in total. The fourth-order valence-corrected chi connectivity index (χ4v) is 2.60. The van der Waals surface area contributed by atoms with Crippen molar-refractivity contribution in [3.8, 4) is 0 Å². The third kappa shape index (κ3) is 4.54. The van der Waals surface area contributed by atoms with Crippen LogP contribution in [-0.2, 0) is 10.1 Å². The van der Waals surface area contributed by atoms with Crippen LogP contribution in [0.15, 0.2) is 35.5 Å². The second-order valence-electron chi connectivity index (χ2n) is 4.77. The molecular weight excluding hydrogens is 276 g/mol. The molecule has 2 rings (SSSR count). The normalized spacial score (nSPS) is 14.2. The Morgan fingerprint density at radius 1 is 1.25 bits per heavy atom. The molecule has 0 aromatic heterocycles. The van der Waals surface area contributed by atoms with Crippen molar-refractivity contribution in [2.75, 3.05) is 20.3 Å². The van der Waals surface area contributed by atoms with Crippen molar-refractivity contribution < 1.29 is 13.0 Å². The van der Waals surface area contributed by atoms with E-state index in [-0.39, 0.29) is 4.90 Å². The van der Waals surface area contributed by atoms with Gasteiger partial charge in [0.05, 0.1) is 11.6 Å². The molecular formula is C14H22N2O3S. The van der Waals surface area contributed by atoms with Crippen LogP contribution < -0.4 is 0 Å². The van der Waals surface area contributed by atoms with Gasteiger partial charge in [-0.05, 0) is 38.0 Å². The maximum Gasteiger partial charge on any atom is 0.294 e. The molecule has 5 nitrogen and oxygen atoms in total. The van der Waals surface area contributed by atoms with Gasteiger partial charge in [0.1, 0.15) is 0 Å². The van der Waals surface area contributed by atoms with Crippen LogP contribution in [0.5, 0.6) is 0 Å². The smallest absolute Gasteiger partial charge is 0.294 e. The standard InChI is InChI=1S/C8H10O3S.C6H12N2/c1-6-4-3-5-8(7(6)2)12(9,10)11;1-3-8-5-4-7(2)6-8/h3-5H,1-2H3,(H,9,10,11);4-5H,3,6H2,1-2H3. The van der Waals surface area contributed by atoms with E-state index in [1.165, 1.54) is 6.07 Å². The summed E-state index contributed by atoms with van der Waals surface area (Å²) in [7, 11) is -1.98. The van der Waals surface area contributed by atoms with Gasteiger partial charge in [0, 0.05) is 26.0 Å². The predicted molar refractivity (Wildman–Crippen MR) is 79.9 cm³/mol. The molecule has 1 heterocycles. The minimum atomic E-state index is -4.06. The summed E-state index contributed by atoms with van der Waals surface area (Å²) in [5, 5.41) is 0. The van der Waals surface area contributed by atoms with Crippen molar-refractivity contribution >= 4 is 10.1 Å². The van der Waals surface area contributed by atoms with E-state index in [0.29, 0.717) is 5.56 Å². The maximum absolute atomic E-state index is 10.8. The van der Waals surface area contributed by atoms with Gasteiger partial charge in [-0.3, -0.25) is 4.55 Å². The summed E-state index contributed by atoms with van der Waals surface area (Å²) in [6, 6.07) is 4.78. The van der Waals surface area contributed by atoms with Crippen LogP contribution in [0.2, 0.25) is 0 Å². The SMILES string of the molecule is CCN1C=CN(C)C1.Cc1cccc(S(=O)(=O)O)c1C. The van der Waals surface area contributed by atoms with Gasteiger partial charge in [0.2, 0.25) is 0 Å². The minimum Gasteiger partial charge on any atom is -0.362 e. The van der Waals surface area contributed by atoms with E-state index in [9.17, 15) is 8.42 Å². The Hall–Kier alpha value is -1.53. The van der Waals surface area contributed by atoms with Crippen molar-refractivity contribution in [3.63, 3.8) is 0 Å². The zero-order valence-corrected chi connectivity index (χ0v) is 13.2. The highest BCUT2D eigenvalue weighted by Crippen LogP contribution is 2.17. The first kappa shape index (κ1) is 16.5. The van der Waals surface area contributed by atoms with Crippen LogP contribution in [0, 0.1) is 13.8 Å². The molecule has 0 amide bonds. The van der Waals surface area contributed by atoms with E-state index in [4.69, 9.17) is 4.55 Å². The Balaban J connectivity index is 0.000000217. The minimum absolute atomic E-state index is 0.0116. The van der Waals surface area contributed by atoms with Gasteiger partial charge in [-0.2, -0.15) is 8.42 Å². The molecule has 0 saturated carbocycles. The predicted octanol–water partition coefficient (Wildman–Crippen LogP) is 2.23. The molecule has 0 saturated heterocycles. The number of nitrogens with zero attached hydrogens (tertiary/aromatic N) is 2. The molecule has 112 valence electrons. The van der Waals surface area contributed by atoms with E-state index >= 15 is 0 Å². The van der Waals surface area contributed by atoms with Gasteiger partial charge in [-0.25, -0.2) is 0 Å². The van der Waals surface area contributed by atoms with Gasteiger partial charge in [-0.1, -0.05) is 12.1 Å². The first-order valence-electron chi connectivity index (χ1n) is 6.42. The topological polar surface area (TPSA) is 60.9 Å². The van der Waals surface area contributed by atoms with Crippen LogP contribution in [-0.4, -0.2) is 43.0 Å². The van der Waals surface area contributed by atoms with Crippen molar-refractivity contribution in [1.29, 1.82) is 0 Å². The molecule has 0 bridgehead atoms. The summed E-state index contributed by atoms with van der Waals surface area (Å²) in [6.45, 7) is 7.78. The molecule has 0 fully saturated rings. The van der Waals surface area contributed by atoms with Gasteiger partial charge in [0.15, 0.2) is 0 Å². The summed E-state index contributed by atoms with van der Waals surface area (Å²) in [6.07, 6.45) is 4.20. The molecule has 1 aromatic rings. The molecule has 0 spiro atoms. The number of aryl methyl sites for hydroxylation is 1. The van der Waals surface area contributed by atoms with Crippen molar-refractivity contribution in [3.05, 3.63) is 41.7 Å². The fourth-order valence-electron chi connectivity index (χ4n) is 1.80. The molecule has 0 unspecified atom stereocenters. The van der Waals surface area contributed by atoms with Crippen LogP contribution in [0.1, 0.15) is 18.1 Å². The lowest BCUT2D eigenvalue weighted by molar-refractivity contribution is 0.308. The number of rotatable bonds is 2. The second kappa shape index (κ2) is 6.76. The van der Waals surface area contributed by atoms with E-state index in [1.807, 2.05) is 0 Å².